The lowest BCUT2D eigenvalue weighted by Crippen LogP contribution is -2.67. The summed E-state index contributed by atoms with van der Waals surface area (Å²) in [5.41, 5.74) is 2.31. The number of nitrogens with one attached hydrogen (secondary N) is 1. The van der Waals surface area contributed by atoms with Gasteiger partial charge in [-0.05, 0) is 36.7 Å². The van der Waals surface area contributed by atoms with Crippen molar-refractivity contribution in [2.24, 2.45) is 11.3 Å². The first kappa shape index (κ1) is 18.5. The highest BCUT2D eigenvalue weighted by molar-refractivity contribution is 5.83. The first-order valence-electron chi connectivity index (χ1n) is 9.69. The summed E-state index contributed by atoms with van der Waals surface area (Å²) >= 11 is 0. The zero-order valence-corrected chi connectivity index (χ0v) is 15.4. The number of carbonyl (C=O) groups excluding carboxylic acids is 1. The van der Waals surface area contributed by atoms with Gasteiger partial charge in [0, 0.05) is 31.1 Å². The van der Waals surface area contributed by atoms with Crippen LogP contribution in [0.5, 0.6) is 0 Å². The van der Waals surface area contributed by atoms with E-state index >= 15 is 0 Å². The number of hydrogen-bond acceptors (Lipinski definition) is 2. The van der Waals surface area contributed by atoms with Gasteiger partial charge in [-0.15, -0.1) is 0 Å². The predicted octanol–water partition coefficient (Wildman–Crippen LogP) is 4.01. The Morgan fingerprint density at radius 2 is 1.93 bits per heavy atom. The summed E-state index contributed by atoms with van der Waals surface area (Å²) < 4.78 is 39.7. The molecular formula is C21H25F3N2O. The maximum absolute atomic E-state index is 13.2. The molecule has 0 aromatic heterocycles. The van der Waals surface area contributed by atoms with E-state index < -0.39 is 12.1 Å². The van der Waals surface area contributed by atoms with E-state index in [1.807, 2.05) is 37.3 Å². The Hall–Kier alpha value is -1.82. The summed E-state index contributed by atoms with van der Waals surface area (Å²) in [7, 11) is 0. The van der Waals surface area contributed by atoms with Crippen molar-refractivity contribution in [1.29, 1.82) is 0 Å². The van der Waals surface area contributed by atoms with Crippen LogP contribution in [0.15, 0.2) is 35.9 Å². The molecule has 1 aromatic rings. The van der Waals surface area contributed by atoms with Gasteiger partial charge in [0.1, 0.15) is 0 Å². The van der Waals surface area contributed by atoms with Crippen LogP contribution in [0.25, 0.3) is 6.08 Å². The van der Waals surface area contributed by atoms with Crippen LogP contribution >= 0.6 is 0 Å². The molecule has 2 unspecified atom stereocenters. The van der Waals surface area contributed by atoms with Gasteiger partial charge in [-0.2, -0.15) is 13.2 Å². The van der Waals surface area contributed by atoms with Crippen molar-refractivity contribution in [3.63, 3.8) is 0 Å². The van der Waals surface area contributed by atoms with E-state index in [1.54, 1.807) is 0 Å². The van der Waals surface area contributed by atoms with E-state index in [0.29, 0.717) is 19.3 Å². The van der Waals surface area contributed by atoms with Crippen LogP contribution in [0.3, 0.4) is 0 Å². The van der Waals surface area contributed by atoms with Gasteiger partial charge in [-0.1, -0.05) is 48.9 Å². The molecule has 0 bridgehead atoms. The Morgan fingerprint density at radius 1 is 1.26 bits per heavy atom. The quantitative estimate of drug-likeness (QED) is 0.840. The molecule has 146 valence electrons. The molecule has 1 spiro atoms. The Labute approximate surface area is 157 Å². The molecule has 1 heterocycles. The average molecular weight is 378 g/mol. The number of hydrogen-bond donors (Lipinski definition) is 1. The van der Waals surface area contributed by atoms with E-state index in [-0.39, 0.29) is 23.4 Å². The summed E-state index contributed by atoms with van der Waals surface area (Å²) in [6.07, 6.45) is 0.0603. The lowest BCUT2D eigenvalue weighted by Gasteiger charge is -2.57. The maximum Gasteiger partial charge on any atom is 0.471 e. The van der Waals surface area contributed by atoms with E-state index in [1.165, 1.54) is 4.90 Å². The van der Waals surface area contributed by atoms with E-state index in [2.05, 4.69) is 11.4 Å². The van der Waals surface area contributed by atoms with Gasteiger partial charge < -0.3 is 10.2 Å². The second-order valence-corrected chi connectivity index (χ2v) is 8.27. The van der Waals surface area contributed by atoms with Gasteiger partial charge in [0.05, 0.1) is 0 Å². The van der Waals surface area contributed by atoms with Gasteiger partial charge in [-0.3, -0.25) is 4.79 Å². The predicted molar refractivity (Wildman–Crippen MR) is 97.8 cm³/mol. The molecule has 3 fully saturated rings. The zero-order chi connectivity index (χ0) is 19.2. The van der Waals surface area contributed by atoms with Crippen LogP contribution in [0, 0.1) is 11.3 Å². The zero-order valence-electron chi connectivity index (χ0n) is 15.4. The minimum absolute atomic E-state index is 0.0394. The minimum atomic E-state index is -4.80. The first-order valence-corrected chi connectivity index (χ1v) is 9.69. The minimum Gasteiger partial charge on any atom is -0.328 e. The summed E-state index contributed by atoms with van der Waals surface area (Å²) in [6.45, 7) is 3.75. The van der Waals surface area contributed by atoms with Gasteiger partial charge in [-0.25, -0.2) is 0 Å². The van der Waals surface area contributed by atoms with Crippen LogP contribution in [-0.2, 0) is 4.79 Å². The SMILES string of the molecule is CCC(=Cc1ccccc1)C1CC1N(C(=O)C(F)(F)F)C1CC2(CNC2)C1. The standard InChI is InChI=1S/C21H25F3N2O/c1-2-15(8-14-6-4-3-5-7-14)17-9-18(17)26(19(27)21(22,23)24)16-10-20(11-16)12-25-13-20/h3-8,16-18,25H,2,9-13H2,1H3. The third kappa shape index (κ3) is 3.51. The Balaban J connectivity index is 1.51. The van der Waals surface area contributed by atoms with Crippen LogP contribution in [0.1, 0.15) is 38.2 Å². The fourth-order valence-electron chi connectivity index (χ4n) is 4.76. The molecule has 6 heteroatoms. The number of nitrogens with zero attached hydrogens (tertiary/aromatic N) is 1. The van der Waals surface area contributed by atoms with Crippen molar-refractivity contribution in [2.45, 2.75) is 50.9 Å². The Kier molecular flexibility index (Phi) is 4.57. The highest BCUT2D eigenvalue weighted by Crippen LogP contribution is 2.52. The van der Waals surface area contributed by atoms with Crippen molar-refractivity contribution in [1.82, 2.24) is 10.2 Å². The monoisotopic (exact) mass is 378 g/mol. The van der Waals surface area contributed by atoms with Crippen molar-refractivity contribution < 1.29 is 18.0 Å². The van der Waals surface area contributed by atoms with Crippen LogP contribution in [0.2, 0.25) is 0 Å². The third-order valence-electron chi connectivity index (χ3n) is 6.36. The molecule has 1 aliphatic heterocycles. The Bertz CT molecular complexity index is 732. The topological polar surface area (TPSA) is 32.3 Å². The number of halogens is 3. The molecule has 3 nitrogen and oxygen atoms in total. The Morgan fingerprint density at radius 3 is 2.44 bits per heavy atom. The van der Waals surface area contributed by atoms with Crippen LogP contribution in [0.4, 0.5) is 13.2 Å². The van der Waals surface area contributed by atoms with Gasteiger partial charge >= 0.3 is 12.1 Å². The summed E-state index contributed by atoms with van der Waals surface area (Å²) in [5, 5.41) is 3.20. The molecule has 27 heavy (non-hydrogen) atoms. The number of alkyl halides is 3. The molecule has 0 radical (unpaired) electrons. The largest absolute Gasteiger partial charge is 0.471 e. The summed E-state index contributed by atoms with van der Waals surface area (Å²) in [5.74, 6) is -1.62. The second kappa shape index (κ2) is 6.66. The molecule has 4 rings (SSSR count). The fourth-order valence-corrected chi connectivity index (χ4v) is 4.76. The van der Waals surface area contributed by atoms with Crippen LogP contribution < -0.4 is 5.32 Å². The molecule has 1 saturated heterocycles. The van der Waals surface area contributed by atoms with Gasteiger partial charge in [0.25, 0.3) is 0 Å². The lowest BCUT2D eigenvalue weighted by molar-refractivity contribution is -0.194. The highest BCUT2D eigenvalue weighted by Gasteiger charge is 2.59. The van der Waals surface area contributed by atoms with Crippen molar-refractivity contribution in [3.8, 4) is 0 Å². The number of amides is 1. The lowest BCUT2D eigenvalue weighted by atomic mass is 9.61. The van der Waals surface area contributed by atoms with Gasteiger partial charge in [0.2, 0.25) is 0 Å². The molecule has 3 aliphatic rings. The van der Waals surface area contributed by atoms with Crippen molar-refractivity contribution >= 4 is 12.0 Å². The molecule has 1 amide bonds. The third-order valence-corrected chi connectivity index (χ3v) is 6.36. The molecular weight excluding hydrogens is 353 g/mol. The normalized spacial score (nSPS) is 27.0. The van der Waals surface area contributed by atoms with Crippen LogP contribution in [-0.4, -0.2) is 42.2 Å². The van der Waals surface area contributed by atoms with Crippen molar-refractivity contribution in [3.05, 3.63) is 41.5 Å². The van der Waals surface area contributed by atoms with Crippen molar-refractivity contribution in [2.75, 3.05) is 13.1 Å². The maximum atomic E-state index is 13.2. The van der Waals surface area contributed by atoms with Gasteiger partial charge in [0.15, 0.2) is 0 Å². The number of rotatable bonds is 5. The molecule has 2 aliphatic carbocycles. The highest BCUT2D eigenvalue weighted by atomic mass is 19.4. The average Bonchev–Trinajstić information content (AvgIpc) is 3.33. The molecule has 2 saturated carbocycles. The summed E-state index contributed by atoms with van der Waals surface area (Å²) in [6, 6.07) is 9.23. The molecule has 2 atom stereocenters. The van der Waals surface area contributed by atoms with E-state index in [4.69, 9.17) is 0 Å². The van der Waals surface area contributed by atoms with E-state index in [9.17, 15) is 18.0 Å². The number of carbonyl (C=O) groups is 1. The molecule has 1 N–H and O–H groups in total. The second-order valence-electron chi connectivity index (χ2n) is 8.27. The van der Waals surface area contributed by atoms with E-state index in [0.717, 1.165) is 30.6 Å². The summed E-state index contributed by atoms with van der Waals surface area (Å²) in [4.78, 5) is 13.4. The smallest absolute Gasteiger partial charge is 0.328 e. The fraction of sp³-hybridized carbons (Fsp3) is 0.571. The number of benzene rings is 1. The first-order chi connectivity index (χ1) is 12.8. The molecule has 1 aromatic carbocycles.